The molecular formula is C31H51N7O2. The maximum Gasteiger partial charge on any atom is 0.317 e. The summed E-state index contributed by atoms with van der Waals surface area (Å²) in [4.78, 5) is 37.1. The zero-order chi connectivity index (χ0) is 28.5. The molecule has 2 aliphatic heterocycles. The van der Waals surface area contributed by atoms with E-state index in [0.717, 1.165) is 74.5 Å². The van der Waals surface area contributed by atoms with Crippen LogP contribution in [-0.2, 0) is 6.54 Å². The fourth-order valence-electron chi connectivity index (χ4n) is 5.61. The van der Waals surface area contributed by atoms with Crippen LogP contribution in [0.15, 0.2) is 18.2 Å². The maximum atomic E-state index is 13.7. The first-order chi connectivity index (χ1) is 19.3. The number of anilines is 1. The molecule has 0 atom stereocenters. The number of aromatic nitrogens is 2. The largest absolute Gasteiger partial charge is 0.354 e. The molecule has 9 heteroatoms. The Hall–Kier alpha value is -2.81. The Morgan fingerprint density at radius 2 is 1.73 bits per heavy atom. The molecular weight excluding hydrogens is 502 g/mol. The minimum absolute atomic E-state index is 0.000485. The van der Waals surface area contributed by atoms with E-state index in [0.29, 0.717) is 31.5 Å². The smallest absolute Gasteiger partial charge is 0.317 e. The molecule has 222 valence electrons. The summed E-state index contributed by atoms with van der Waals surface area (Å²) < 4.78 is 2.24. The number of amides is 3. The van der Waals surface area contributed by atoms with Crippen molar-refractivity contribution in [2.45, 2.75) is 72.8 Å². The molecule has 40 heavy (non-hydrogen) atoms. The minimum atomic E-state index is -0.000485. The summed E-state index contributed by atoms with van der Waals surface area (Å²) >= 11 is 0. The van der Waals surface area contributed by atoms with E-state index in [1.54, 1.807) is 0 Å². The standard InChI is InChI=1S/C31H51N7O2/c1-24(2)11-19-36(20-12-25(3)4)29(39)26-9-10-27-28(23-26)38(18-8-17-35-15-6-5-7-16-35)30(34-27)32-13-21-37-22-14-33-31(37)40/h9-10,23-25H,5-8,11-22H2,1-4H3,(H,32,34)(H,33,40). The van der Waals surface area contributed by atoms with Gasteiger partial charge in [0.15, 0.2) is 0 Å². The van der Waals surface area contributed by atoms with E-state index in [1.165, 1.54) is 32.4 Å². The van der Waals surface area contributed by atoms with Gasteiger partial charge in [0.25, 0.3) is 5.91 Å². The Morgan fingerprint density at radius 1 is 1.00 bits per heavy atom. The third kappa shape index (κ3) is 8.35. The molecule has 9 nitrogen and oxygen atoms in total. The Morgan fingerprint density at radius 3 is 2.38 bits per heavy atom. The van der Waals surface area contributed by atoms with Crippen molar-refractivity contribution in [3.63, 3.8) is 0 Å². The zero-order valence-corrected chi connectivity index (χ0v) is 25.3. The fourth-order valence-corrected chi connectivity index (χ4v) is 5.61. The van der Waals surface area contributed by atoms with Gasteiger partial charge in [-0.2, -0.15) is 0 Å². The van der Waals surface area contributed by atoms with Crippen LogP contribution >= 0.6 is 0 Å². The number of hydrogen-bond donors (Lipinski definition) is 2. The van der Waals surface area contributed by atoms with Crippen LogP contribution in [0.4, 0.5) is 10.7 Å². The lowest BCUT2D eigenvalue weighted by molar-refractivity contribution is 0.0741. The SMILES string of the molecule is CC(C)CCN(CCC(C)C)C(=O)c1ccc2nc(NCCN3CCNC3=O)n(CCCN3CCCCC3)c2c1. The van der Waals surface area contributed by atoms with Crippen molar-refractivity contribution < 1.29 is 9.59 Å². The number of carbonyl (C=O) groups excluding carboxylic acids is 2. The number of hydrogen-bond acceptors (Lipinski definition) is 5. The van der Waals surface area contributed by atoms with Crippen LogP contribution in [0, 0.1) is 11.8 Å². The first-order valence-corrected chi connectivity index (χ1v) is 15.6. The minimum Gasteiger partial charge on any atom is -0.354 e. The van der Waals surface area contributed by atoms with Gasteiger partial charge in [-0.15, -0.1) is 0 Å². The third-order valence-electron chi connectivity index (χ3n) is 8.15. The van der Waals surface area contributed by atoms with Crippen LogP contribution in [0.5, 0.6) is 0 Å². The normalized spacial score (nSPS) is 16.4. The highest BCUT2D eigenvalue weighted by molar-refractivity contribution is 5.97. The second-order valence-corrected chi connectivity index (χ2v) is 12.3. The number of carbonyl (C=O) groups is 2. The van der Waals surface area contributed by atoms with Gasteiger partial charge in [-0.3, -0.25) is 4.79 Å². The van der Waals surface area contributed by atoms with E-state index in [4.69, 9.17) is 4.98 Å². The predicted octanol–water partition coefficient (Wildman–Crippen LogP) is 4.88. The molecule has 0 unspecified atom stereocenters. The lowest BCUT2D eigenvalue weighted by Crippen LogP contribution is -2.34. The molecule has 2 saturated heterocycles. The van der Waals surface area contributed by atoms with Gasteiger partial charge in [-0.25, -0.2) is 9.78 Å². The lowest BCUT2D eigenvalue weighted by Gasteiger charge is -2.26. The second kappa shape index (κ2) is 14.7. The fraction of sp³-hybridized carbons (Fsp3) is 0.710. The molecule has 1 aromatic carbocycles. The average Bonchev–Trinajstić information content (AvgIpc) is 3.51. The lowest BCUT2D eigenvalue weighted by atomic mass is 10.1. The maximum absolute atomic E-state index is 13.7. The van der Waals surface area contributed by atoms with Gasteiger partial charge in [-0.05, 0) is 81.8 Å². The van der Waals surface area contributed by atoms with Crippen molar-refractivity contribution >= 4 is 28.9 Å². The van der Waals surface area contributed by atoms with Crippen LogP contribution in [-0.4, -0.2) is 95.1 Å². The predicted molar refractivity (Wildman–Crippen MR) is 163 cm³/mol. The number of nitrogens with one attached hydrogen (secondary N) is 2. The number of likely N-dealkylation sites (tertiary alicyclic amines) is 1. The molecule has 0 radical (unpaired) electrons. The molecule has 2 aliphatic rings. The number of rotatable bonds is 15. The zero-order valence-electron chi connectivity index (χ0n) is 25.3. The van der Waals surface area contributed by atoms with Crippen LogP contribution in [0.3, 0.4) is 0 Å². The van der Waals surface area contributed by atoms with Crippen molar-refractivity contribution in [2.24, 2.45) is 11.8 Å². The summed E-state index contributed by atoms with van der Waals surface area (Å²) in [5, 5.41) is 6.36. The van der Waals surface area contributed by atoms with E-state index in [2.05, 4.69) is 47.8 Å². The highest BCUT2D eigenvalue weighted by Crippen LogP contribution is 2.23. The number of benzene rings is 1. The van der Waals surface area contributed by atoms with Gasteiger partial charge in [0.1, 0.15) is 0 Å². The van der Waals surface area contributed by atoms with Crippen molar-refractivity contribution in [2.75, 3.05) is 64.2 Å². The first kappa shape index (κ1) is 30.2. The van der Waals surface area contributed by atoms with E-state index in [9.17, 15) is 9.59 Å². The van der Waals surface area contributed by atoms with Gasteiger partial charge < -0.3 is 29.9 Å². The quantitative estimate of drug-likeness (QED) is 0.328. The monoisotopic (exact) mass is 553 g/mol. The molecule has 0 aliphatic carbocycles. The number of urea groups is 1. The molecule has 0 bridgehead atoms. The summed E-state index contributed by atoms with van der Waals surface area (Å²) in [5.74, 6) is 2.03. The number of imidazole rings is 1. The van der Waals surface area contributed by atoms with E-state index < -0.39 is 0 Å². The van der Waals surface area contributed by atoms with E-state index in [-0.39, 0.29) is 11.9 Å². The van der Waals surface area contributed by atoms with Crippen molar-refractivity contribution in [1.29, 1.82) is 0 Å². The Kier molecular flexibility index (Phi) is 11.1. The number of aryl methyl sites for hydroxylation is 1. The van der Waals surface area contributed by atoms with Crippen molar-refractivity contribution in [1.82, 2.24) is 29.6 Å². The molecule has 0 saturated carbocycles. The number of nitrogens with zero attached hydrogens (tertiary/aromatic N) is 5. The molecule has 2 fully saturated rings. The molecule has 1 aromatic heterocycles. The highest BCUT2D eigenvalue weighted by Gasteiger charge is 2.21. The van der Waals surface area contributed by atoms with Gasteiger partial charge in [-0.1, -0.05) is 34.1 Å². The van der Waals surface area contributed by atoms with Crippen molar-refractivity contribution in [3.8, 4) is 0 Å². The highest BCUT2D eigenvalue weighted by atomic mass is 16.2. The molecule has 2 aromatic rings. The third-order valence-corrected chi connectivity index (χ3v) is 8.15. The van der Waals surface area contributed by atoms with Crippen LogP contribution in [0.25, 0.3) is 11.0 Å². The molecule has 2 N–H and O–H groups in total. The van der Waals surface area contributed by atoms with Crippen molar-refractivity contribution in [3.05, 3.63) is 23.8 Å². The molecule has 0 spiro atoms. The summed E-state index contributed by atoms with van der Waals surface area (Å²) in [6.07, 6.45) is 6.96. The van der Waals surface area contributed by atoms with Gasteiger partial charge in [0, 0.05) is 51.4 Å². The van der Waals surface area contributed by atoms with Gasteiger partial charge >= 0.3 is 6.03 Å². The summed E-state index contributed by atoms with van der Waals surface area (Å²) in [5.41, 5.74) is 2.63. The Bertz CT molecular complexity index is 1090. The molecule has 3 heterocycles. The first-order valence-electron chi connectivity index (χ1n) is 15.6. The molecule has 3 amide bonds. The van der Waals surface area contributed by atoms with Gasteiger partial charge in [0.2, 0.25) is 5.95 Å². The Balaban J connectivity index is 1.53. The van der Waals surface area contributed by atoms with Crippen LogP contribution in [0.2, 0.25) is 0 Å². The molecule has 4 rings (SSSR count). The summed E-state index contributed by atoms with van der Waals surface area (Å²) in [6, 6.07) is 5.97. The average molecular weight is 554 g/mol. The topological polar surface area (TPSA) is 85.7 Å². The number of piperidine rings is 1. The van der Waals surface area contributed by atoms with E-state index in [1.807, 2.05) is 28.0 Å². The summed E-state index contributed by atoms with van der Waals surface area (Å²) in [6.45, 7) is 17.4. The second-order valence-electron chi connectivity index (χ2n) is 12.3. The summed E-state index contributed by atoms with van der Waals surface area (Å²) in [7, 11) is 0. The van der Waals surface area contributed by atoms with Crippen LogP contribution < -0.4 is 10.6 Å². The van der Waals surface area contributed by atoms with Gasteiger partial charge in [0.05, 0.1) is 11.0 Å². The van der Waals surface area contributed by atoms with Crippen LogP contribution in [0.1, 0.15) is 76.6 Å². The Labute approximate surface area is 240 Å². The van der Waals surface area contributed by atoms with E-state index >= 15 is 0 Å². The number of fused-ring (bicyclic) bond motifs is 1.